The van der Waals surface area contributed by atoms with Crippen LogP contribution in [0.3, 0.4) is 0 Å². The SMILES string of the molecule is Cc1nnc2n1-c1sc(C#CCOCCCc3cccc4c3C(=O)N(C3CCC(=O)NC3=O)C4=O)c(Cc3ccccc3)c1CO[C@H]2C. The third-order valence-corrected chi connectivity index (χ3v) is 10.1. The molecule has 1 fully saturated rings. The number of nitrogens with zero attached hydrogens (tertiary/aromatic N) is 4. The zero-order valence-corrected chi connectivity index (χ0v) is 27.4. The van der Waals surface area contributed by atoms with Crippen LogP contribution < -0.4 is 5.32 Å². The average Bonchev–Trinajstić information content (AvgIpc) is 3.67. The number of carbonyl (C=O) groups is 4. The van der Waals surface area contributed by atoms with Gasteiger partial charge in [-0.25, -0.2) is 0 Å². The molecule has 5 heterocycles. The van der Waals surface area contributed by atoms with Crippen molar-refractivity contribution in [3.8, 4) is 16.8 Å². The molecule has 1 unspecified atom stereocenters. The number of hydrogen-bond donors (Lipinski definition) is 1. The van der Waals surface area contributed by atoms with Gasteiger partial charge in [0, 0.05) is 18.6 Å². The Bertz CT molecular complexity index is 2010. The topological polar surface area (TPSA) is 133 Å². The van der Waals surface area contributed by atoms with Gasteiger partial charge >= 0.3 is 0 Å². The standard InChI is InChI=1S/C36H33N5O6S/c1-21-32-39-38-22(2)40(32)36-27(20-47-21)26(19-23-9-4-3-5-10-23)29(48-36)14-8-18-46-17-7-12-24-11-6-13-25-31(24)35(45)41(34(25)44)28-15-16-30(42)37-33(28)43/h3-6,9-11,13,21,28H,7,12,15-20H2,1-2H3,(H,37,42,43)/t21-,28?/m0/s1. The fourth-order valence-corrected chi connectivity index (χ4v) is 7.73. The van der Waals surface area contributed by atoms with Crippen molar-refractivity contribution in [2.75, 3.05) is 13.2 Å². The van der Waals surface area contributed by atoms with Gasteiger partial charge in [-0.2, -0.15) is 0 Å². The Balaban J connectivity index is 1.02. The van der Waals surface area contributed by atoms with E-state index >= 15 is 0 Å². The summed E-state index contributed by atoms with van der Waals surface area (Å²) in [5, 5.41) is 12.0. The number of hydrogen-bond acceptors (Lipinski definition) is 9. The minimum Gasteiger partial charge on any atom is -0.369 e. The van der Waals surface area contributed by atoms with Crippen LogP contribution in [-0.2, 0) is 38.5 Å². The first-order chi connectivity index (χ1) is 23.3. The highest BCUT2D eigenvalue weighted by Gasteiger charge is 2.45. The van der Waals surface area contributed by atoms with Gasteiger partial charge in [-0.15, -0.1) is 21.5 Å². The summed E-state index contributed by atoms with van der Waals surface area (Å²) in [7, 11) is 0. The number of aryl methyl sites for hydroxylation is 2. The van der Waals surface area contributed by atoms with E-state index in [0.717, 1.165) is 49.5 Å². The summed E-state index contributed by atoms with van der Waals surface area (Å²) in [6.45, 7) is 5.03. The molecule has 3 aliphatic rings. The van der Waals surface area contributed by atoms with Crippen LogP contribution >= 0.6 is 11.3 Å². The minimum atomic E-state index is -0.991. The maximum atomic E-state index is 13.4. The molecule has 7 rings (SSSR count). The van der Waals surface area contributed by atoms with Crippen molar-refractivity contribution in [3.05, 3.63) is 98.4 Å². The van der Waals surface area contributed by atoms with Crippen LogP contribution in [-0.4, -0.2) is 62.5 Å². The van der Waals surface area contributed by atoms with Crippen LogP contribution in [0, 0.1) is 18.8 Å². The summed E-state index contributed by atoms with van der Waals surface area (Å²) in [4.78, 5) is 52.4. The fourth-order valence-electron chi connectivity index (χ4n) is 6.48. The normalized spacial score (nSPS) is 18.5. The molecular weight excluding hydrogens is 630 g/mol. The Morgan fingerprint density at radius 3 is 2.71 bits per heavy atom. The molecule has 11 nitrogen and oxygen atoms in total. The largest absolute Gasteiger partial charge is 0.369 e. The summed E-state index contributed by atoms with van der Waals surface area (Å²) in [5.74, 6) is 6.09. The lowest BCUT2D eigenvalue weighted by Crippen LogP contribution is -2.54. The molecule has 0 radical (unpaired) electrons. The van der Waals surface area contributed by atoms with E-state index in [1.807, 2.05) is 38.1 Å². The summed E-state index contributed by atoms with van der Waals surface area (Å²) >= 11 is 1.61. The van der Waals surface area contributed by atoms with E-state index < -0.39 is 29.7 Å². The molecule has 12 heteroatoms. The summed E-state index contributed by atoms with van der Waals surface area (Å²) < 4.78 is 14.1. The summed E-state index contributed by atoms with van der Waals surface area (Å²) in [5.41, 5.74) is 4.74. The Labute approximate surface area is 281 Å². The fraction of sp³-hybridized carbons (Fsp3) is 0.333. The van der Waals surface area contributed by atoms with Crippen molar-refractivity contribution in [3.63, 3.8) is 0 Å². The van der Waals surface area contributed by atoms with E-state index in [4.69, 9.17) is 9.47 Å². The van der Waals surface area contributed by atoms with Crippen LogP contribution in [0.15, 0.2) is 48.5 Å². The number of ether oxygens (including phenoxy) is 2. The van der Waals surface area contributed by atoms with Gasteiger partial charge in [-0.05, 0) is 62.3 Å². The van der Waals surface area contributed by atoms with Gasteiger partial charge < -0.3 is 9.47 Å². The van der Waals surface area contributed by atoms with Crippen LogP contribution in [0.2, 0.25) is 0 Å². The molecule has 0 spiro atoms. The molecule has 4 amide bonds. The van der Waals surface area contributed by atoms with Gasteiger partial charge in [0.1, 0.15) is 29.6 Å². The average molecular weight is 664 g/mol. The Hall–Kier alpha value is -4.96. The van der Waals surface area contributed by atoms with E-state index in [2.05, 4.69) is 44.1 Å². The molecule has 244 valence electrons. The molecule has 0 aliphatic carbocycles. The highest BCUT2D eigenvalue weighted by molar-refractivity contribution is 7.15. The van der Waals surface area contributed by atoms with Crippen molar-refractivity contribution >= 4 is 35.0 Å². The van der Waals surface area contributed by atoms with Crippen molar-refractivity contribution in [1.29, 1.82) is 0 Å². The third-order valence-electron chi connectivity index (χ3n) is 8.88. The molecule has 1 N–H and O–H groups in total. The first-order valence-electron chi connectivity index (χ1n) is 15.9. The second-order valence-corrected chi connectivity index (χ2v) is 13.0. The zero-order valence-electron chi connectivity index (χ0n) is 26.6. The van der Waals surface area contributed by atoms with Crippen LogP contribution in [0.4, 0.5) is 0 Å². The van der Waals surface area contributed by atoms with Crippen molar-refractivity contribution in [2.24, 2.45) is 0 Å². The zero-order chi connectivity index (χ0) is 33.4. The second-order valence-electron chi connectivity index (χ2n) is 12.0. The molecule has 2 aromatic heterocycles. The number of rotatable bonds is 8. The number of carbonyl (C=O) groups excluding carboxylic acids is 4. The molecule has 48 heavy (non-hydrogen) atoms. The van der Waals surface area contributed by atoms with Gasteiger partial charge in [0.2, 0.25) is 11.8 Å². The first kappa shape index (κ1) is 31.6. The molecular formula is C36H33N5O6S. The Morgan fingerprint density at radius 1 is 1.06 bits per heavy atom. The number of thiophene rings is 1. The monoisotopic (exact) mass is 663 g/mol. The highest BCUT2D eigenvalue weighted by Crippen LogP contribution is 2.39. The summed E-state index contributed by atoms with van der Waals surface area (Å²) in [6.07, 6.45) is 1.85. The maximum Gasteiger partial charge on any atom is 0.262 e. The van der Waals surface area contributed by atoms with Crippen molar-refractivity contribution in [2.45, 2.75) is 64.7 Å². The van der Waals surface area contributed by atoms with E-state index in [0.29, 0.717) is 31.6 Å². The Kier molecular flexibility index (Phi) is 8.75. The van der Waals surface area contributed by atoms with Gasteiger partial charge in [-0.3, -0.25) is 34.0 Å². The maximum absolute atomic E-state index is 13.4. The lowest BCUT2D eigenvalue weighted by Gasteiger charge is -2.27. The van der Waals surface area contributed by atoms with Gasteiger partial charge in [-0.1, -0.05) is 54.3 Å². The molecule has 0 saturated carbocycles. The van der Waals surface area contributed by atoms with Crippen LogP contribution in [0.25, 0.3) is 5.00 Å². The predicted octanol–water partition coefficient (Wildman–Crippen LogP) is 4.22. The smallest absolute Gasteiger partial charge is 0.262 e. The van der Waals surface area contributed by atoms with E-state index in [1.54, 1.807) is 23.5 Å². The molecule has 1 saturated heterocycles. The number of fused-ring (bicyclic) bond motifs is 4. The number of aromatic nitrogens is 3. The number of amides is 4. The predicted molar refractivity (Wildman–Crippen MR) is 176 cm³/mol. The highest BCUT2D eigenvalue weighted by atomic mass is 32.1. The number of nitrogens with one attached hydrogen (secondary N) is 1. The lowest BCUT2D eigenvalue weighted by atomic mass is 9.99. The lowest BCUT2D eigenvalue weighted by molar-refractivity contribution is -0.136. The minimum absolute atomic E-state index is 0.0798. The molecule has 4 aromatic rings. The quantitative estimate of drug-likeness (QED) is 0.168. The second kappa shape index (κ2) is 13.3. The number of imide groups is 2. The van der Waals surface area contributed by atoms with Crippen LogP contribution in [0.1, 0.15) is 91.8 Å². The third kappa shape index (κ3) is 5.85. The van der Waals surface area contributed by atoms with Crippen molar-refractivity contribution in [1.82, 2.24) is 25.0 Å². The number of benzene rings is 2. The van der Waals surface area contributed by atoms with Gasteiger partial charge in [0.25, 0.3) is 11.8 Å². The molecule has 2 atom stereocenters. The van der Waals surface area contributed by atoms with Gasteiger partial charge in [0.05, 0.1) is 22.6 Å². The molecule has 3 aliphatic heterocycles. The van der Waals surface area contributed by atoms with E-state index in [-0.39, 0.29) is 31.1 Å². The molecule has 0 bridgehead atoms. The Morgan fingerprint density at radius 2 is 1.90 bits per heavy atom. The van der Waals surface area contributed by atoms with Crippen LogP contribution in [0.5, 0.6) is 0 Å². The van der Waals surface area contributed by atoms with E-state index in [1.165, 1.54) is 5.56 Å². The van der Waals surface area contributed by atoms with Crippen molar-refractivity contribution < 1.29 is 28.7 Å². The van der Waals surface area contributed by atoms with E-state index in [9.17, 15) is 19.2 Å². The van der Waals surface area contributed by atoms with Gasteiger partial charge in [0.15, 0.2) is 5.82 Å². The number of piperidine rings is 1. The summed E-state index contributed by atoms with van der Waals surface area (Å²) in [6, 6.07) is 14.5. The first-order valence-corrected chi connectivity index (χ1v) is 16.8. The molecule has 2 aromatic carbocycles.